The van der Waals surface area contributed by atoms with E-state index in [4.69, 9.17) is 4.52 Å². The molecule has 0 aromatic carbocycles. The first-order chi connectivity index (χ1) is 12.0. The van der Waals surface area contributed by atoms with Crippen LogP contribution in [0.4, 0.5) is 0 Å². The van der Waals surface area contributed by atoms with Crippen LogP contribution in [0.1, 0.15) is 71.8 Å². The van der Waals surface area contributed by atoms with Crippen molar-refractivity contribution in [1.82, 2.24) is 25.2 Å². The van der Waals surface area contributed by atoms with E-state index in [1.54, 1.807) is 0 Å². The molecule has 1 fully saturated rings. The van der Waals surface area contributed by atoms with Crippen molar-refractivity contribution in [3.05, 3.63) is 34.5 Å². The van der Waals surface area contributed by atoms with Crippen LogP contribution in [0.15, 0.2) is 10.6 Å². The molecule has 0 aliphatic carbocycles. The standard InChI is InChI=1S/C18H25N5O2/c1-11(2)16-9-14(21-25-16)15-5-4-7-23(15)18(24)17-12-10-22(3)8-6-13(12)19-20-17/h9,11,15H,4-8,10H2,1-3H3,(H,19,20). The number of nitrogens with zero attached hydrogens (tertiary/aromatic N) is 4. The molecule has 25 heavy (non-hydrogen) atoms. The number of hydrogen-bond donors (Lipinski definition) is 1. The first kappa shape index (κ1) is 16.3. The van der Waals surface area contributed by atoms with E-state index in [1.807, 2.05) is 11.0 Å². The van der Waals surface area contributed by atoms with Crippen molar-refractivity contribution in [2.24, 2.45) is 0 Å². The highest BCUT2D eigenvalue weighted by atomic mass is 16.5. The zero-order chi connectivity index (χ0) is 17.6. The van der Waals surface area contributed by atoms with Crippen molar-refractivity contribution in [2.75, 3.05) is 20.1 Å². The van der Waals surface area contributed by atoms with Crippen LogP contribution in [0.25, 0.3) is 0 Å². The summed E-state index contributed by atoms with van der Waals surface area (Å²) in [5.74, 6) is 1.16. The van der Waals surface area contributed by atoms with E-state index in [1.165, 1.54) is 0 Å². The second-order valence-corrected chi connectivity index (χ2v) is 7.48. The van der Waals surface area contributed by atoms with Gasteiger partial charge in [0, 0.05) is 49.3 Å². The van der Waals surface area contributed by atoms with E-state index in [2.05, 4.69) is 41.1 Å². The molecule has 2 aliphatic heterocycles. The summed E-state index contributed by atoms with van der Waals surface area (Å²) in [5, 5.41) is 11.6. The molecule has 4 heterocycles. The molecule has 2 aliphatic rings. The number of carbonyl (C=O) groups excluding carboxylic acids is 1. The summed E-state index contributed by atoms with van der Waals surface area (Å²) in [6.07, 6.45) is 2.81. The smallest absolute Gasteiger partial charge is 0.275 e. The zero-order valence-electron chi connectivity index (χ0n) is 15.1. The quantitative estimate of drug-likeness (QED) is 0.926. The largest absolute Gasteiger partial charge is 0.361 e. The molecule has 1 unspecified atom stereocenters. The third kappa shape index (κ3) is 2.86. The summed E-state index contributed by atoms with van der Waals surface area (Å²) < 4.78 is 5.45. The van der Waals surface area contributed by atoms with Crippen LogP contribution in [0.2, 0.25) is 0 Å². The van der Waals surface area contributed by atoms with Gasteiger partial charge in [0.15, 0.2) is 5.69 Å². The predicted molar refractivity (Wildman–Crippen MR) is 92.2 cm³/mol. The SMILES string of the molecule is CC(C)c1cc(C2CCCN2C(=O)c2n[nH]c3c2CN(C)CC3)no1. The molecular weight excluding hydrogens is 318 g/mol. The minimum Gasteiger partial charge on any atom is -0.361 e. The maximum Gasteiger partial charge on any atom is 0.275 e. The first-order valence-electron chi connectivity index (χ1n) is 9.06. The summed E-state index contributed by atoms with van der Waals surface area (Å²) in [6, 6.07) is 1.98. The highest BCUT2D eigenvalue weighted by Gasteiger charge is 2.36. The van der Waals surface area contributed by atoms with Gasteiger partial charge in [-0.3, -0.25) is 9.89 Å². The average Bonchev–Trinajstić information content (AvgIpc) is 3.31. The maximum absolute atomic E-state index is 13.2. The molecule has 7 heteroatoms. The van der Waals surface area contributed by atoms with Gasteiger partial charge in [0.25, 0.3) is 5.91 Å². The molecule has 134 valence electrons. The molecule has 7 nitrogen and oxygen atoms in total. The molecule has 0 spiro atoms. The molecule has 1 amide bonds. The van der Waals surface area contributed by atoms with Gasteiger partial charge in [-0.1, -0.05) is 19.0 Å². The molecular formula is C18H25N5O2. The molecule has 1 atom stereocenters. The number of rotatable bonds is 3. The zero-order valence-corrected chi connectivity index (χ0v) is 15.1. The Kier molecular flexibility index (Phi) is 4.11. The number of hydrogen-bond acceptors (Lipinski definition) is 5. The van der Waals surface area contributed by atoms with Crippen LogP contribution < -0.4 is 0 Å². The highest BCUT2D eigenvalue weighted by Crippen LogP contribution is 2.34. The summed E-state index contributed by atoms with van der Waals surface area (Å²) in [7, 11) is 2.08. The number of likely N-dealkylation sites (N-methyl/N-ethyl adjacent to an activating group) is 1. The average molecular weight is 343 g/mol. The topological polar surface area (TPSA) is 78.3 Å². The number of nitrogens with one attached hydrogen (secondary N) is 1. The van der Waals surface area contributed by atoms with Gasteiger partial charge in [0.1, 0.15) is 11.5 Å². The molecule has 2 aromatic heterocycles. The van der Waals surface area contributed by atoms with E-state index >= 15 is 0 Å². The molecule has 2 aromatic rings. The van der Waals surface area contributed by atoms with Crippen LogP contribution in [0, 0.1) is 0 Å². The van der Waals surface area contributed by atoms with Gasteiger partial charge in [-0.2, -0.15) is 5.10 Å². The van der Waals surface area contributed by atoms with Crippen molar-refractivity contribution < 1.29 is 9.32 Å². The number of aromatic nitrogens is 3. The molecule has 1 saturated heterocycles. The van der Waals surface area contributed by atoms with Crippen molar-refractivity contribution in [1.29, 1.82) is 0 Å². The molecule has 0 radical (unpaired) electrons. The van der Waals surface area contributed by atoms with Crippen LogP contribution in [-0.4, -0.2) is 51.2 Å². The number of aromatic amines is 1. The van der Waals surface area contributed by atoms with Crippen LogP contribution in [-0.2, 0) is 13.0 Å². The van der Waals surface area contributed by atoms with E-state index in [0.29, 0.717) is 11.6 Å². The van der Waals surface area contributed by atoms with Crippen molar-refractivity contribution in [2.45, 2.75) is 51.6 Å². The fourth-order valence-corrected chi connectivity index (χ4v) is 3.79. The lowest BCUT2D eigenvalue weighted by molar-refractivity contribution is 0.0722. The maximum atomic E-state index is 13.2. The van der Waals surface area contributed by atoms with Gasteiger partial charge in [0.05, 0.1) is 6.04 Å². The minimum atomic E-state index is -0.0163. The van der Waals surface area contributed by atoms with E-state index < -0.39 is 0 Å². The highest BCUT2D eigenvalue weighted by molar-refractivity contribution is 5.94. The monoisotopic (exact) mass is 343 g/mol. The lowest BCUT2D eigenvalue weighted by atomic mass is 10.0. The summed E-state index contributed by atoms with van der Waals surface area (Å²) >= 11 is 0. The Morgan fingerprint density at radius 2 is 2.24 bits per heavy atom. The second kappa shape index (κ2) is 6.29. The Bertz CT molecular complexity index is 778. The number of carbonyl (C=O) groups is 1. The summed E-state index contributed by atoms with van der Waals surface area (Å²) in [5.41, 5.74) is 3.57. The van der Waals surface area contributed by atoms with Gasteiger partial charge < -0.3 is 14.3 Å². The van der Waals surface area contributed by atoms with Crippen LogP contribution in [0.5, 0.6) is 0 Å². The molecule has 1 N–H and O–H groups in total. The predicted octanol–water partition coefficient (Wildman–Crippen LogP) is 2.49. The van der Waals surface area contributed by atoms with Crippen LogP contribution in [0.3, 0.4) is 0 Å². The lowest BCUT2D eigenvalue weighted by Gasteiger charge is -2.25. The van der Waals surface area contributed by atoms with E-state index in [0.717, 1.165) is 61.6 Å². The third-order valence-electron chi connectivity index (χ3n) is 5.30. The van der Waals surface area contributed by atoms with Gasteiger partial charge >= 0.3 is 0 Å². The normalized spacial score (nSPS) is 21.1. The van der Waals surface area contributed by atoms with Crippen LogP contribution >= 0.6 is 0 Å². The Morgan fingerprint density at radius 1 is 1.40 bits per heavy atom. The van der Waals surface area contributed by atoms with Gasteiger partial charge in [0.2, 0.25) is 0 Å². The van der Waals surface area contributed by atoms with Crippen molar-refractivity contribution in [3.8, 4) is 0 Å². The van der Waals surface area contributed by atoms with Gasteiger partial charge in [-0.25, -0.2) is 0 Å². The van der Waals surface area contributed by atoms with E-state index in [9.17, 15) is 4.79 Å². The lowest BCUT2D eigenvalue weighted by Crippen LogP contribution is -2.33. The summed E-state index contributed by atoms with van der Waals surface area (Å²) in [6.45, 7) is 6.66. The minimum absolute atomic E-state index is 0.00407. The van der Waals surface area contributed by atoms with E-state index in [-0.39, 0.29) is 11.9 Å². The number of likely N-dealkylation sites (tertiary alicyclic amines) is 1. The van der Waals surface area contributed by atoms with Crippen molar-refractivity contribution >= 4 is 5.91 Å². The Hall–Kier alpha value is -2.15. The molecule has 0 bridgehead atoms. The third-order valence-corrected chi connectivity index (χ3v) is 5.30. The second-order valence-electron chi connectivity index (χ2n) is 7.48. The van der Waals surface area contributed by atoms with Gasteiger partial charge in [-0.15, -0.1) is 0 Å². The molecule has 0 saturated carbocycles. The Morgan fingerprint density at radius 3 is 3.00 bits per heavy atom. The fourth-order valence-electron chi connectivity index (χ4n) is 3.79. The van der Waals surface area contributed by atoms with Crippen molar-refractivity contribution in [3.63, 3.8) is 0 Å². The molecule has 4 rings (SSSR count). The van der Waals surface area contributed by atoms with Gasteiger partial charge in [-0.05, 0) is 19.9 Å². The number of H-pyrrole nitrogens is 1. The Labute approximate surface area is 147 Å². The fraction of sp³-hybridized carbons (Fsp3) is 0.611. The summed E-state index contributed by atoms with van der Waals surface area (Å²) in [4.78, 5) is 17.3. The Balaban J connectivity index is 1.60. The number of amides is 1. The number of fused-ring (bicyclic) bond motifs is 1. The first-order valence-corrected chi connectivity index (χ1v) is 9.06.